The van der Waals surface area contributed by atoms with Gasteiger partial charge < -0.3 is 10.6 Å². The van der Waals surface area contributed by atoms with Crippen molar-refractivity contribution in [1.29, 1.82) is 0 Å². The summed E-state index contributed by atoms with van der Waals surface area (Å²) >= 11 is 0. The van der Waals surface area contributed by atoms with Crippen LogP contribution in [0.15, 0.2) is 0 Å². The number of rotatable bonds is 7. The third-order valence-electron chi connectivity index (χ3n) is 2.52. The van der Waals surface area contributed by atoms with Crippen LogP contribution in [0.2, 0.25) is 0 Å². The van der Waals surface area contributed by atoms with Crippen LogP contribution in [0.4, 0.5) is 5.95 Å². The molecule has 0 bridgehead atoms. The van der Waals surface area contributed by atoms with Crippen molar-refractivity contribution >= 4 is 11.9 Å². The SMILES string of the molecule is CCNC(=O)CCNc1nnc(CC)c(CC)n1. The molecule has 0 aliphatic heterocycles. The molecule has 6 heteroatoms. The van der Waals surface area contributed by atoms with Crippen LogP contribution in [0.1, 0.15) is 38.6 Å². The summed E-state index contributed by atoms with van der Waals surface area (Å²) in [5, 5.41) is 13.9. The van der Waals surface area contributed by atoms with Gasteiger partial charge in [-0.2, -0.15) is 5.10 Å². The summed E-state index contributed by atoms with van der Waals surface area (Å²) in [7, 11) is 0. The van der Waals surface area contributed by atoms with Gasteiger partial charge in [0.15, 0.2) is 0 Å². The molecule has 100 valence electrons. The van der Waals surface area contributed by atoms with Gasteiger partial charge in [-0.15, -0.1) is 5.10 Å². The van der Waals surface area contributed by atoms with Gasteiger partial charge in [0.1, 0.15) is 0 Å². The number of hydrogen-bond acceptors (Lipinski definition) is 5. The molecule has 1 aromatic heterocycles. The molecule has 6 nitrogen and oxygen atoms in total. The molecule has 18 heavy (non-hydrogen) atoms. The van der Waals surface area contributed by atoms with E-state index in [1.807, 2.05) is 20.8 Å². The van der Waals surface area contributed by atoms with Gasteiger partial charge in [0, 0.05) is 19.5 Å². The fourth-order valence-corrected chi connectivity index (χ4v) is 1.59. The second-order valence-corrected chi connectivity index (χ2v) is 3.87. The highest BCUT2D eigenvalue weighted by Gasteiger charge is 2.06. The van der Waals surface area contributed by atoms with E-state index in [0.717, 1.165) is 24.2 Å². The molecule has 0 atom stereocenters. The number of amides is 1. The monoisotopic (exact) mass is 251 g/mol. The van der Waals surface area contributed by atoms with Gasteiger partial charge >= 0.3 is 0 Å². The van der Waals surface area contributed by atoms with E-state index in [0.29, 0.717) is 25.5 Å². The largest absolute Gasteiger partial charge is 0.356 e. The second-order valence-electron chi connectivity index (χ2n) is 3.87. The number of hydrogen-bond donors (Lipinski definition) is 2. The van der Waals surface area contributed by atoms with Crippen molar-refractivity contribution in [3.63, 3.8) is 0 Å². The van der Waals surface area contributed by atoms with Crippen LogP contribution >= 0.6 is 0 Å². The maximum atomic E-state index is 11.2. The van der Waals surface area contributed by atoms with Gasteiger partial charge in [-0.1, -0.05) is 13.8 Å². The van der Waals surface area contributed by atoms with Crippen LogP contribution in [0.5, 0.6) is 0 Å². The molecule has 0 saturated heterocycles. The molecule has 1 amide bonds. The molecule has 0 radical (unpaired) electrons. The first-order valence-electron chi connectivity index (χ1n) is 6.44. The number of carbonyl (C=O) groups is 1. The smallest absolute Gasteiger partial charge is 0.242 e. The van der Waals surface area contributed by atoms with Crippen LogP contribution in [0, 0.1) is 0 Å². The topological polar surface area (TPSA) is 79.8 Å². The van der Waals surface area contributed by atoms with Crippen molar-refractivity contribution in [3.05, 3.63) is 11.4 Å². The fourth-order valence-electron chi connectivity index (χ4n) is 1.59. The average molecular weight is 251 g/mol. The van der Waals surface area contributed by atoms with Crippen molar-refractivity contribution in [2.45, 2.75) is 40.0 Å². The highest BCUT2D eigenvalue weighted by molar-refractivity contribution is 5.76. The number of nitrogens with zero attached hydrogens (tertiary/aromatic N) is 3. The Bertz CT molecular complexity index is 394. The molecule has 1 heterocycles. The lowest BCUT2D eigenvalue weighted by Crippen LogP contribution is -2.25. The van der Waals surface area contributed by atoms with Gasteiger partial charge in [-0.3, -0.25) is 4.79 Å². The number of nitrogens with one attached hydrogen (secondary N) is 2. The Hall–Kier alpha value is -1.72. The summed E-state index contributed by atoms with van der Waals surface area (Å²) in [6.45, 7) is 7.15. The highest BCUT2D eigenvalue weighted by atomic mass is 16.1. The van der Waals surface area contributed by atoms with Gasteiger partial charge in [-0.05, 0) is 19.8 Å². The Morgan fingerprint density at radius 3 is 2.44 bits per heavy atom. The van der Waals surface area contributed by atoms with E-state index < -0.39 is 0 Å². The third-order valence-corrected chi connectivity index (χ3v) is 2.52. The minimum atomic E-state index is 0.0267. The molecular weight excluding hydrogens is 230 g/mol. The van der Waals surface area contributed by atoms with Crippen LogP contribution in [0.25, 0.3) is 0 Å². The number of aromatic nitrogens is 3. The number of aryl methyl sites for hydroxylation is 2. The summed E-state index contributed by atoms with van der Waals surface area (Å²) < 4.78 is 0. The normalized spacial score (nSPS) is 10.2. The van der Waals surface area contributed by atoms with E-state index in [1.54, 1.807) is 0 Å². The van der Waals surface area contributed by atoms with Crippen molar-refractivity contribution in [1.82, 2.24) is 20.5 Å². The molecule has 0 aliphatic rings. The second kappa shape index (κ2) is 7.58. The Labute approximate surface area is 108 Å². The van der Waals surface area contributed by atoms with E-state index in [2.05, 4.69) is 25.8 Å². The first-order valence-corrected chi connectivity index (χ1v) is 6.44. The average Bonchev–Trinajstić information content (AvgIpc) is 2.38. The van der Waals surface area contributed by atoms with Gasteiger partial charge in [0.05, 0.1) is 11.4 Å². The fraction of sp³-hybridized carbons (Fsp3) is 0.667. The predicted molar refractivity (Wildman–Crippen MR) is 70.4 cm³/mol. The highest BCUT2D eigenvalue weighted by Crippen LogP contribution is 2.06. The first kappa shape index (κ1) is 14.3. The van der Waals surface area contributed by atoms with Crippen molar-refractivity contribution in [2.24, 2.45) is 0 Å². The van der Waals surface area contributed by atoms with E-state index in [4.69, 9.17) is 0 Å². The molecule has 1 aromatic rings. The zero-order valence-corrected chi connectivity index (χ0v) is 11.3. The number of carbonyl (C=O) groups excluding carboxylic acids is 1. The minimum Gasteiger partial charge on any atom is -0.356 e. The lowest BCUT2D eigenvalue weighted by atomic mass is 10.2. The van der Waals surface area contributed by atoms with Gasteiger partial charge in [0.25, 0.3) is 0 Å². The maximum absolute atomic E-state index is 11.2. The van der Waals surface area contributed by atoms with Gasteiger partial charge in [0.2, 0.25) is 11.9 Å². The molecule has 0 spiro atoms. The Balaban J connectivity index is 2.50. The third kappa shape index (κ3) is 4.27. The van der Waals surface area contributed by atoms with E-state index in [9.17, 15) is 4.79 Å². The predicted octanol–water partition coefficient (Wildman–Crippen LogP) is 0.934. The van der Waals surface area contributed by atoms with Gasteiger partial charge in [-0.25, -0.2) is 4.98 Å². The zero-order valence-electron chi connectivity index (χ0n) is 11.3. The quantitative estimate of drug-likeness (QED) is 0.753. The van der Waals surface area contributed by atoms with Crippen LogP contribution in [0.3, 0.4) is 0 Å². The van der Waals surface area contributed by atoms with Crippen LogP contribution in [-0.4, -0.2) is 34.2 Å². The van der Waals surface area contributed by atoms with Crippen LogP contribution in [-0.2, 0) is 17.6 Å². The summed E-state index contributed by atoms with van der Waals surface area (Å²) in [4.78, 5) is 15.6. The Morgan fingerprint density at radius 2 is 1.83 bits per heavy atom. The molecule has 0 fully saturated rings. The maximum Gasteiger partial charge on any atom is 0.242 e. The molecule has 0 aliphatic carbocycles. The summed E-state index contributed by atoms with van der Waals surface area (Å²) in [5.74, 6) is 0.521. The number of anilines is 1. The zero-order chi connectivity index (χ0) is 13.4. The summed E-state index contributed by atoms with van der Waals surface area (Å²) in [6, 6.07) is 0. The Morgan fingerprint density at radius 1 is 1.11 bits per heavy atom. The first-order chi connectivity index (χ1) is 8.71. The van der Waals surface area contributed by atoms with Crippen LogP contribution < -0.4 is 10.6 Å². The minimum absolute atomic E-state index is 0.0267. The Kier molecular flexibility index (Phi) is 6.04. The molecular formula is C12H21N5O. The van der Waals surface area contributed by atoms with E-state index >= 15 is 0 Å². The standard InChI is InChI=1S/C12H21N5O/c1-4-9-10(5-2)16-17-12(15-9)14-8-7-11(18)13-6-3/h4-8H2,1-3H3,(H,13,18)(H,14,15,17). The van der Waals surface area contributed by atoms with E-state index in [1.165, 1.54) is 0 Å². The lowest BCUT2D eigenvalue weighted by molar-refractivity contribution is -0.120. The van der Waals surface area contributed by atoms with Crippen molar-refractivity contribution in [3.8, 4) is 0 Å². The van der Waals surface area contributed by atoms with Crippen molar-refractivity contribution in [2.75, 3.05) is 18.4 Å². The molecule has 0 unspecified atom stereocenters. The molecule has 0 saturated carbocycles. The lowest BCUT2D eigenvalue weighted by Gasteiger charge is -2.07. The summed E-state index contributed by atoms with van der Waals surface area (Å²) in [5.41, 5.74) is 1.90. The van der Waals surface area contributed by atoms with Crippen molar-refractivity contribution < 1.29 is 4.79 Å². The van der Waals surface area contributed by atoms with E-state index in [-0.39, 0.29) is 5.91 Å². The molecule has 0 aromatic carbocycles. The molecule has 2 N–H and O–H groups in total. The molecule has 1 rings (SSSR count). The summed E-state index contributed by atoms with van der Waals surface area (Å²) in [6.07, 6.45) is 2.08.